The molecule has 0 bridgehead atoms. The second-order valence-electron chi connectivity index (χ2n) is 6.43. The zero-order valence-electron chi connectivity index (χ0n) is 16.6. The summed E-state index contributed by atoms with van der Waals surface area (Å²) in [5, 5.41) is 7.55. The van der Waals surface area contributed by atoms with Crippen molar-refractivity contribution in [2.45, 2.75) is 18.7 Å². The second-order valence-corrected chi connectivity index (χ2v) is 8.93. The summed E-state index contributed by atoms with van der Waals surface area (Å²) in [6.07, 6.45) is 0. The number of esters is 1. The largest absolute Gasteiger partial charge is 0.472 e. The van der Waals surface area contributed by atoms with Crippen molar-refractivity contribution < 1.29 is 22.7 Å². The molecule has 0 unspecified atom stereocenters. The highest BCUT2D eigenvalue weighted by Gasteiger charge is 2.32. The minimum Gasteiger partial charge on any atom is -0.472 e. The molecular formula is C20H19Cl2N3O5S. The predicted molar refractivity (Wildman–Crippen MR) is 119 cm³/mol. The SMILES string of the molecule is CCOC(=O)C1=C(Nc2ccc(Cl)cc2Cl)OC/C1=N/NS(=O)(=O)c1ccc(C)cc1. The molecule has 1 heterocycles. The lowest BCUT2D eigenvalue weighted by Crippen LogP contribution is -2.23. The first-order valence-corrected chi connectivity index (χ1v) is 11.4. The molecule has 164 valence electrons. The molecule has 0 atom stereocenters. The predicted octanol–water partition coefficient (Wildman–Crippen LogP) is 3.85. The highest BCUT2D eigenvalue weighted by molar-refractivity contribution is 7.89. The van der Waals surface area contributed by atoms with Crippen LogP contribution in [-0.4, -0.2) is 33.3 Å². The molecule has 2 aromatic rings. The standard InChI is InChI=1S/C20H19Cl2N3O5S/c1-3-29-20(26)18-17(24-25-31(27,28)14-7-4-12(2)5-8-14)11-30-19(18)23-16-9-6-13(21)10-15(16)22/h4-10,23,25H,3,11H2,1-2H3/b24-17-. The van der Waals surface area contributed by atoms with Gasteiger partial charge in [0.05, 0.1) is 22.2 Å². The molecular weight excluding hydrogens is 465 g/mol. The van der Waals surface area contributed by atoms with Gasteiger partial charge >= 0.3 is 5.97 Å². The van der Waals surface area contributed by atoms with E-state index in [2.05, 4.69) is 15.2 Å². The number of halogens is 2. The summed E-state index contributed by atoms with van der Waals surface area (Å²) < 4.78 is 35.6. The first kappa shape index (κ1) is 22.9. The Bertz CT molecular complexity index is 1160. The fourth-order valence-corrected chi connectivity index (χ4v) is 3.90. The van der Waals surface area contributed by atoms with Crippen molar-refractivity contribution in [1.82, 2.24) is 4.83 Å². The molecule has 1 aliphatic rings. The maximum absolute atomic E-state index is 12.5. The molecule has 3 rings (SSSR count). The Kier molecular flexibility index (Phi) is 7.09. The molecule has 0 saturated carbocycles. The Hall–Kier alpha value is -2.75. The van der Waals surface area contributed by atoms with Crippen LogP contribution in [-0.2, 0) is 24.3 Å². The summed E-state index contributed by atoms with van der Waals surface area (Å²) in [6.45, 7) is 3.45. The number of nitrogens with one attached hydrogen (secondary N) is 2. The van der Waals surface area contributed by atoms with Gasteiger partial charge in [-0.05, 0) is 44.2 Å². The first-order chi connectivity index (χ1) is 14.7. The van der Waals surface area contributed by atoms with Crippen molar-refractivity contribution in [1.29, 1.82) is 0 Å². The van der Waals surface area contributed by atoms with E-state index < -0.39 is 16.0 Å². The lowest BCUT2D eigenvalue weighted by Gasteiger charge is -2.10. The maximum atomic E-state index is 12.5. The number of hydrazone groups is 1. The normalized spacial score (nSPS) is 15.0. The van der Waals surface area contributed by atoms with Crippen molar-refractivity contribution in [3.8, 4) is 0 Å². The molecule has 0 radical (unpaired) electrons. The van der Waals surface area contributed by atoms with Gasteiger partial charge in [0.2, 0.25) is 5.88 Å². The molecule has 0 aliphatic carbocycles. The van der Waals surface area contributed by atoms with Gasteiger partial charge in [0.15, 0.2) is 0 Å². The highest BCUT2D eigenvalue weighted by atomic mass is 35.5. The summed E-state index contributed by atoms with van der Waals surface area (Å²) in [6, 6.07) is 11.0. The smallest absolute Gasteiger partial charge is 0.345 e. The van der Waals surface area contributed by atoms with E-state index >= 15 is 0 Å². The number of nitrogens with zero attached hydrogens (tertiary/aromatic N) is 1. The van der Waals surface area contributed by atoms with Gasteiger partial charge in [-0.15, -0.1) is 0 Å². The minimum atomic E-state index is -3.94. The number of aryl methyl sites for hydroxylation is 1. The fourth-order valence-electron chi connectivity index (χ4n) is 2.61. The average molecular weight is 484 g/mol. The summed E-state index contributed by atoms with van der Waals surface area (Å²) in [5.41, 5.74) is 1.36. The van der Waals surface area contributed by atoms with E-state index in [0.717, 1.165) is 5.56 Å². The van der Waals surface area contributed by atoms with E-state index in [9.17, 15) is 13.2 Å². The van der Waals surface area contributed by atoms with Crippen LogP contribution in [0.4, 0.5) is 5.69 Å². The van der Waals surface area contributed by atoms with Crippen molar-refractivity contribution in [2.75, 3.05) is 18.5 Å². The molecule has 2 aromatic carbocycles. The topological polar surface area (TPSA) is 106 Å². The van der Waals surface area contributed by atoms with Gasteiger partial charge in [-0.3, -0.25) is 0 Å². The molecule has 0 saturated heterocycles. The van der Waals surface area contributed by atoms with Crippen LogP contribution in [0.15, 0.2) is 63.9 Å². The number of rotatable bonds is 7. The zero-order valence-corrected chi connectivity index (χ0v) is 18.9. The molecule has 8 nitrogen and oxygen atoms in total. The maximum Gasteiger partial charge on any atom is 0.345 e. The number of ether oxygens (including phenoxy) is 2. The van der Waals surface area contributed by atoms with Gasteiger partial charge < -0.3 is 14.8 Å². The van der Waals surface area contributed by atoms with Crippen LogP contribution in [0.1, 0.15) is 12.5 Å². The third-order valence-electron chi connectivity index (χ3n) is 4.16. The van der Waals surface area contributed by atoms with Gasteiger partial charge in [0, 0.05) is 5.02 Å². The fraction of sp³-hybridized carbons (Fsp3) is 0.200. The van der Waals surface area contributed by atoms with Crippen LogP contribution in [0.3, 0.4) is 0 Å². The Morgan fingerprint density at radius 3 is 2.55 bits per heavy atom. The van der Waals surface area contributed by atoms with Crippen molar-refractivity contribution in [3.05, 3.63) is 69.5 Å². The number of carbonyl (C=O) groups excluding carboxylic acids is 1. The van der Waals surface area contributed by atoms with Crippen LogP contribution in [0.2, 0.25) is 10.0 Å². The van der Waals surface area contributed by atoms with Crippen LogP contribution in [0.5, 0.6) is 0 Å². The number of hydrogen-bond donors (Lipinski definition) is 2. The summed E-state index contributed by atoms with van der Waals surface area (Å²) in [4.78, 5) is 14.7. The van der Waals surface area contributed by atoms with Crippen LogP contribution in [0, 0.1) is 6.92 Å². The average Bonchev–Trinajstić information content (AvgIpc) is 3.12. The molecule has 31 heavy (non-hydrogen) atoms. The van der Waals surface area contributed by atoms with Crippen molar-refractivity contribution in [2.24, 2.45) is 5.10 Å². The second kappa shape index (κ2) is 9.59. The van der Waals surface area contributed by atoms with Crippen molar-refractivity contribution >= 4 is 50.6 Å². The van der Waals surface area contributed by atoms with E-state index in [4.69, 9.17) is 32.7 Å². The number of hydrogen-bond acceptors (Lipinski definition) is 7. The summed E-state index contributed by atoms with van der Waals surface area (Å²) in [5.74, 6) is -0.683. The quantitative estimate of drug-likeness (QED) is 0.457. The Morgan fingerprint density at radius 1 is 1.19 bits per heavy atom. The van der Waals surface area contributed by atoms with E-state index in [1.807, 2.05) is 6.92 Å². The number of carbonyl (C=O) groups is 1. The summed E-state index contributed by atoms with van der Waals surface area (Å²) >= 11 is 12.1. The summed E-state index contributed by atoms with van der Waals surface area (Å²) in [7, 11) is -3.94. The van der Waals surface area contributed by atoms with Gasteiger partial charge in [-0.25, -0.2) is 4.79 Å². The first-order valence-electron chi connectivity index (χ1n) is 9.13. The highest BCUT2D eigenvalue weighted by Crippen LogP contribution is 2.29. The zero-order chi connectivity index (χ0) is 22.6. The van der Waals surface area contributed by atoms with E-state index in [1.165, 1.54) is 18.2 Å². The number of anilines is 1. The molecule has 2 N–H and O–H groups in total. The third-order valence-corrected chi connectivity index (χ3v) is 5.93. The minimum absolute atomic E-state index is 0.0364. The lowest BCUT2D eigenvalue weighted by atomic mass is 10.2. The van der Waals surface area contributed by atoms with Crippen LogP contribution < -0.4 is 10.1 Å². The molecule has 0 fully saturated rings. The van der Waals surface area contributed by atoms with E-state index in [0.29, 0.717) is 15.7 Å². The van der Waals surface area contributed by atoms with Crippen LogP contribution >= 0.6 is 23.2 Å². The van der Waals surface area contributed by atoms with Gasteiger partial charge in [-0.1, -0.05) is 40.9 Å². The molecule has 1 aliphatic heterocycles. The molecule has 0 amide bonds. The Balaban J connectivity index is 1.91. The van der Waals surface area contributed by atoms with Crippen LogP contribution in [0.25, 0.3) is 0 Å². The molecule has 11 heteroatoms. The third kappa shape index (κ3) is 5.49. The Morgan fingerprint density at radius 2 is 1.90 bits per heavy atom. The van der Waals surface area contributed by atoms with Gasteiger partial charge in [0.25, 0.3) is 10.0 Å². The van der Waals surface area contributed by atoms with Crippen molar-refractivity contribution in [3.63, 3.8) is 0 Å². The number of sulfonamides is 1. The van der Waals surface area contributed by atoms with Gasteiger partial charge in [0.1, 0.15) is 17.9 Å². The number of benzene rings is 2. The molecule has 0 spiro atoms. The van der Waals surface area contributed by atoms with Gasteiger partial charge in [-0.2, -0.15) is 18.4 Å². The monoisotopic (exact) mass is 483 g/mol. The Labute approximate surface area is 189 Å². The van der Waals surface area contributed by atoms with E-state index in [1.54, 1.807) is 31.2 Å². The van der Waals surface area contributed by atoms with E-state index in [-0.39, 0.29) is 35.3 Å². The molecule has 0 aromatic heterocycles. The lowest BCUT2D eigenvalue weighted by molar-refractivity contribution is -0.137.